The average molecular weight is 1170 g/mol. The van der Waals surface area contributed by atoms with E-state index in [1.807, 2.05) is 105 Å². The van der Waals surface area contributed by atoms with Gasteiger partial charge in [-0.25, -0.2) is 29.6 Å². The number of nitrogens with one attached hydrogen (secondary N) is 2. The first-order valence-corrected chi connectivity index (χ1v) is 33.2. The molecule has 4 aromatic carbocycles. The zero-order valence-electron chi connectivity index (χ0n) is 43.6. The summed E-state index contributed by atoms with van der Waals surface area (Å²) in [6.07, 6.45) is 22.4. The number of benzene rings is 4. The number of hydrogen-bond acceptors (Lipinski definition) is 10. The third-order valence-electron chi connectivity index (χ3n) is 13.0. The number of aromatic nitrogens is 6. The summed E-state index contributed by atoms with van der Waals surface area (Å²) in [5, 5.41) is 9.21. The molecule has 8 rings (SSSR count). The van der Waals surface area contributed by atoms with Gasteiger partial charge in [-0.05, 0) is 73.2 Å². The zero-order valence-corrected chi connectivity index (χ0v) is 47.3. The molecule has 0 aliphatic heterocycles. The Bertz CT molecular complexity index is 3570. The van der Waals surface area contributed by atoms with Crippen LogP contribution in [-0.2, 0) is 0 Å². The summed E-state index contributed by atoms with van der Waals surface area (Å²) in [6, 6.07) is 32.5. The molecule has 6 N–H and O–H groups in total. The average Bonchev–Trinajstić information content (AvgIpc) is 3.49. The van der Waals surface area contributed by atoms with Crippen molar-refractivity contribution >= 4 is 86.4 Å². The van der Waals surface area contributed by atoms with Gasteiger partial charge >= 0.3 is 101 Å². The van der Waals surface area contributed by atoms with E-state index in [9.17, 15) is 9.59 Å². The van der Waals surface area contributed by atoms with Crippen LogP contribution < -0.4 is 33.2 Å². The van der Waals surface area contributed by atoms with Gasteiger partial charge in [0.25, 0.3) is 11.1 Å². The largest absolute Gasteiger partial charge is 0.371 e. The summed E-state index contributed by atoms with van der Waals surface area (Å²) in [7, 11) is 0. The maximum absolute atomic E-state index is 13.6. The molecular formula is C62H71ClN12O2Sn. The van der Waals surface area contributed by atoms with E-state index in [1.165, 1.54) is 64.2 Å². The standard InChI is InChI=1S/C24H18N6O.C22H17ClN6O.3C4H9.C2H.2CH4.Sn/c1-4-16-9-8-10-17-13-20(15(2)28-22-19(26-3)14-27-24(25)29-22)30(23(31)21(16)17)18-11-6-5-7-12-18;1-13(27-20-17(25-2)12-26-22(24)28-20)18-11-14-7-6-10-16(23)19(14)21(30)29(18)15-8-4-3-5-9-15;3*1-3-4-2;1-2;;;/h1,5-15H,2H3,(H3,25,27,28,29);3-13H,1H3,(H3,24,26,27,28);3*1,3-4H2,2H3;1H;2*1H4;/t15-;13-;;;;;;;/m00......./s1. The molecule has 0 amide bonds. The number of rotatable bonds is 17. The molecule has 0 saturated carbocycles. The molecule has 0 saturated heterocycles. The van der Waals surface area contributed by atoms with Crippen LogP contribution in [0.1, 0.15) is 117 Å². The fourth-order valence-corrected chi connectivity index (χ4v) is 21.5. The van der Waals surface area contributed by atoms with Gasteiger partial charge in [0, 0.05) is 40.7 Å². The molecule has 0 aliphatic carbocycles. The van der Waals surface area contributed by atoms with Gasteiger partial charge in [0.1, 0.15) is 11.6 Å². The van der Waals surface area contributed by atoms with Crippen LogP contribution in [0.15, 0.2) is 131 Å². The van der Waals surface area contributed by atoms with Crippen molar-refractivity contribution < 1.29 is 0 Å². The van der Waals surface area contributed by atoms with Crippen molar-refractivity contribution in [3.05, 3.63) is 187 Å². The summed E-state index contributed by atoms with van der Waals surface area (Å²) < 4.78 is 10.9. The van der Waals surface area contributed by atoms with Crippen LogP contribution in [0, 0.1) is 35.8 Å². The maximum atomic E-state index is 13.6. The van der Waals surface area contributed by atoms with E-state index in [1.54, 1.807) is 27.3 Å². The molecule has 0 spiro atoms. The normalized spacial score (nSPS) is 11.3. The Labute approximate surface area is 469 Å². The van der Waals surface area contributed by atoms with Crippen LogP contribution in [0.25, 0.3) is 42.6 Å². The number of terminal acetylenes is 2. The maximum Gasteiger partial charge on any atom is 0.264 e. The molecule has 2 atom stereocenters. The van der Waals surface area contributed by atoms with Crippen LogP contribution in [0.5, 0.6) is 0 Å². The first kappa shape index (κ1) is 62.4. The van der Waals surface area contributed by atoms with Crippen LogP contribution >= 0.6 is 11.6 Å². The van der Waals surface area contributed by atoms with Gasteiger partial charge in [0.05, 0.1) is 41.0 Å². The number of pyridine rings is 2. The summed E-state index contributed by atoms with van der Waals surface area (Å²) in [6.45, 7) is 25.3. The topological polar surface area (TPSA) is 180 Å². The predicted molar refractivity (Wildman–Crippen MR) is 329 cm³/mol. The molecular weight excluding hydrogens is 1100 g/mol. The van der Waals surface area contributed by atoms with E-state index in [-0.39, 0.29) is 61.3 Å². The smallest absolute Gasteiger partial charge is 0.264 e. The third-order valence-corrected chi connectivity index (χ3v) is 26.3. The van der Waals surface area contributed by atoms with Crippen LogP contribution in [0.4, 0.5) is 34.9 Å². The van der Waals surface area contributed by atoms with E-state index < -0.39 is 18.4 Å². The summed E-state index contributed by atoms with van der Waals surface area (Å²) in [5.74, 6) is 3.33. The van der Waals surface area contributed by atoms with Gasteiger partial charge in [-0.1, -0.05) is 93.0 Å². The number of halogens is 1. The molecule has 14 nitrogen and oxygen atoms in total. The first-order chi connectivity index (χ1) is 36.8. The fourth-order valence-electron chi connectivity index (χ4n) is 9.02. The molecule has 16 heteroatoms. The monoisotopic (exact) mass is 1170 g/mol. The number of nitrogen functional groups attached to an aromatic ring is 2. The fraction of sp³-hybridized carbons (Fsp3) is 0.290. The second kappa shape index (κ2) is 30.0. The number of unbranched alkanes of at least 4 members (excludes halogenated alkanes) is 3. The SMILES string of the molecule is C.C.C#[C][Sn]([CH2]CCC)([CH2]CCC)[CH2]CCC.[C-]#[N+]c1cnc(N)nc1N[C@@H](C)c1cc2cccc(C#C)c2c(=O)n1-c1ccccc1.[C-]#[N+]c1cnc(N)nc1N[C@@H](C)c1cc2cccc(Cl)c2c(=O)n1-c1ccccc1. The van der Waals surface area contributed by atoms with E-state index in [0.717, 1.165) is 10.8 Å². The number of hydrogen-bond donors (Lipinski definition) is 4. The Balaban J connectivity index is 0.000000265. The quantitative estimate of drug-likeness (QED) is 0.0389. The summed E-state index contributed by atoms with van der Waals surface area (Å²) >= 11 is 4.26. The Kier molecular flexibility index (Phi) is 24.0. The Morgan fingerprint density at radius 3 is 1.45 bits per heavy atom. The number of fused-ring (bicyclic) bond motifs is 2. The predicted octanol–water partition coefficient (Wildman–Crippen LogP) is 15.1. The molecule has 78 heavy (non-hydrogen) atoms. The Hall–Kier alpha value is -8.15. The van der Waals surface area contributed by atoms with Crippen molar-refractivity contribution in [2.45, 2.75) is 113 Å². The molecule has 0 bridgehead atoms. The molecule has 0 radical (unpaired) electrons. The molecule has 0 fully saturated rings. The second-order valence-corrected chi connectivity index (χ2v) is 31.1. The number of para-hydroxylation sites is 2. The molecule has 8 aromatic rings. The third kappa shape index (κ3) is 15.1. The number of anilines is 4. The zero-order chi connectivity index (χ0) is 54.8. The Morgan fingerprint density at radius 1 is 0.641 bits per heavy atom. The van der Waals surface area contributed by atoms with Gasteiger partial charge in [-0.3, -0.25) is 18.7 Å². The van der Waals surface area contributed by atoms with Gasteiger partial charge in [-0.15, -0.1) is 6.42 Å². The van der Waals surface area contributed by atoms with Crippen molar-refractivity contribution in [1.82, 2.24) is 29.1 Å². The van der Waals surface area contributed by atoms with Crippen molar-refractivity contribution in [3.63, 3.8) is 0 Å². The Morgan fingerprint density at radius 2 is 1.05 bits per heavy atom. The van der Waals surface area contributed by atoms with E-state index in [0.29, 0.717) is 55.8 Å². The van der Waals surface area contributed by atoms with Gasteiger partial charge in [0.15, 0.2) is 0 Å². The van der Waals surface area contributed by atoms with Crippen LogP contribution in [-0.4, -0.2) is 47.4 Å². The minimum absolute atomic E-state index is 0. The first-order valence-electron chi connectivity index (χ1n) is 25.4. The second-order valence-electron chi connectivity index (χ2n) is 18.3. The van der Waals surface area contributed by atoms with Gasteiger partial charge in [0.2, 0.25) is 23.3 Å². The van der Waals surface area contributed by atoms with Crippen molar-refractivity contribution in [2.24, 2.45) is 0 Å². The van der Waals surface area contributed by atoms with Crippen LogP contribution in [0.2, 0.25) is 18.3 Å². The van der Waals surface area contributed by atoms with Crippen molar-refractivity contribution in [3.8, 4) is 34.1 Å². The molecule has 4 heterocycles. The van der Waals surface area contributed by atoms with Gasteiger partial charge < -0.3 is 22.1 Å². The van der Waals surface area contributed by atoms with Gasteiger partial charge in [-0.2, -0.15) is 0 Å². The minimum Gasteiger partial charge on any atom is -0.371 e. The van der Waals surface area contributed by atoms with E-state index >= 15 is 0 Å². The minimum atomic E-state index is -2.09. The number of nitrogens with two attached hydrogens (primary N) is 2. The van der Waals surface area contributed by atoms with E-state index in [2.05, 4.69) is 70.9 Å². The van der Waals surface area contributed by atoms with E-state index in [4.69, 9.17) is 49.1 Å². The summed E-state index contributed by atoms with van der Waals surface area (Å²) in [5.41, 5.74) is 14.8. The molecule has 402 valence electrons. The molecule has 0 unspecified atom stereocenters. The summed E-state index contributed by atoms with van der Waals surface area (Å²) in [4.78, 5) is 50.0. The van der Waals surface area contributed by atoms with Crippen molar-refractivity contribution in [2.75, 3.05) is 22.1 Å². The van der Waals surface area contributed by atoms with Crippen molar-refractivity contribution in [1.29, 1.82) is 0 Å². The molecule has 4 aromatic heterocycles. The molecule has 0 aliphatic rings. The van der Waals surface area contributed by atoms with Crippen LogP contribution in [0.3, 0.4) is 0 Å². The number of nitrogens with zero attached hydrogens (tertiary/aromatic N) is 8.